The third-order valence-electron chi connectivity index (χ3n) is 4.30. The van der Waals surface area contributed by atoms with Gasteiger partial charge in [-0.1, -0.05) is 19.9 Å². The van der Waals surface area contributed by atoms with Crippen LogP contribution in [0.25, 0.3) is 0 Å². The molecule has 1 aliphatic carbocycles. The number of pyridine rings is 1. The van der Waals surface area contributed by atoms with E-state index in [-0.39, 0.29) is 12.2 Å². The van der Waals surface area contributed by atoms with Crippen LogP contribution in [0, 0.1) is 0 Å². The summed E-state index contributed by atoms with van der Waals surface area (Å²) in [4.78, 5) is 14.3. The number of aromatic nitrogens is 1. The molecule has 1 aromatic carbocycles. The number of nitrogens with zero attached hydrogens (tertiary/aromatic N) is 1. The summed E-state index contributed by atoms with van der Waals surface area (Å²) in [6, 6.07) is 7.07. The number of anilines is 1. The van der Waals surface area contributed by atoms with Crippen LogP contribution in [0.4, 0.5) is 18.9 Å². The molecule has 0 radical (unpaired) electrons. The second kappa shape index (κ2) is 12.7. The molecule has 0 saturated carbocycles. The lowest BCUT2D eigenvalue weighted by molar-refractivity contribution is -0.139. The van der Waals surface area contributed by atoms with E-state index in [1.54, 1.807) is 13.1 Å². The Bertz CT molecular complexity index is 795. The van der Waals surface area contributed by atoms with Crippen molar-refractivity contribution >= 4 is 11.7 Å². The zero-order valence-corrected chi connectivity index (χ0v) is 17.6. The van der Waals surface area contributed by atoms with Gasteiger partial charge in [0.25, 0.3) is 0 Å². The van der Waals surface area contributed by atoms with E-state index >= 15 is 0 Å². The van der Waals surface area contributed by atoms with Crippen molar-refractivity contribution in [2.24, 2.45) is 0 Å². The number of aromatic carboxylic acids is 1. The number of benzene rings is 1. The summed E-state index contributed by atoms with van der Waals surface area (Å²) >= 11 is 0. The number of alkyl halides is 3. The van der Waals surface area contributed by atoms with Crippen LogP contribution in [0.1, 0.15) is 54.6 Å². The molecule has 166 valence electrons. The summed E-state index contributed by atoms with van der Waals surface area (Å²) in [6.45, 7) is 3.70. The average molecular weight is 426 g/mol. The van der Waals surface area contributed by atoms with Crippen molar-refractivity contribution in [2.75, 3.05) is 19.0 Å². The topological polar surface area (TPSA) is 71.5 Å². The maximum atomic E-state index is 12.0. The lowest BCUT2D eigenvalue weighted by Gasteiger charge is -2.17. The monoisotopic (exact) mass is 426 g/mol. The van der Waals surface area contributed by atoms with Crippen molar-refractivity contribution in [1.29, 1.82) is 0 Å². The minimum atomic E-state index is -4.14. The van der Waals surface area contributed by atoms with Gasteiger partial charge in [-0.25, -0.2) is 4.79 Å². The first-order valence-corrected chi connectivity index (χ1v) is 9.96. The summed E-state index contributed by atoms with van der Waals surface area (Å²) in [6.07, 6.45) is 2.30. The Hall–Kier alpha value is -2.77. The molecule has 2 N–H and O–H groups in total. The zero-order valence-electron chi connectivity index (χ0n) is 17.6. The maximum Gasteiger partial charge on any atom is 0.392 e. The molecule has 0 aliphatic heterocycles. The first kappa shape index (κ1) is 25.3. The van der Waals surface area contributed by atoms with Crippen molar-refractivity contribution in [2.45, 2.75) is 52.1 Å². The van der Waals surface area contributed by atoms with Crippen LogP contribution in [0.2, 0.25) is 0 Å². The minimum absolute atomic E-state index is 0.238. The minimum Gasteiger partial charge on any atom is -0.493 e. The standard InChI is InChI=1S/C13H15F3O.C7H8N2O2.C2H6/c14-13(15,16)7-8-17-12-6-5-10-3-1-2-4-11(10)9-12;1-8-6-4-9-3-2-5(6)7(10)11;1-2/h5-6,9H,1-4,7-8H2;2-4,8H,1H3,(H,10,11);1-2H3. The van der Waals surface area contributed by atoms with Crippen LogP contribution < -0.4 is 10.1 Å². The first-order chi connectivity index (χ1) is 14.3. The summed E-state index contributed by atoms with van der Waals surface area (Å²) in [5.74, 6) is -0.397. The molecule has 1 heterocycles. The fraction of sp³-hybridized carbons (Fsp3) is 0.455. The number of carbonyl (C=O) groups is 1. The molecule has 0 amide bonds. The van der Waals surface area contributed by atoms with Gasteiger partial charge in [0.05, 0.1) is 30.5 Å². The van der Waals surface area contributed by atoms with E-state index in [9.17, 15) is 18.0 Å². The maximum absolute atomic E-state index is 12.0. The molecule has 8 heteroatoms. The van der Waals surface area contributed by atoms with E-state index < -0.39 is 18.6 Å². The van der Waals surface area contributed by atoms with Gasteiger partial charge in [0, 0.05) is 13.2 Å². The van der Waals surface area contributed by atoms with Gasteiger partial charge in [0.1, 0.15) is 5.75 Å². The summed E-state index contributed by atoms with van der Waals surface area (Å²) in [5.41, 5.74) is 3.29. The third-order valence-corrected chi connectivity index (χ3v) is 4.30. The van der Waals surface area contributed by atoms with E-state index in [1.807, 2.05) is 26.0 Å². The number of fused-ring (bicyclic) bond motifs is 1. The molecule has 0 bridgehead atoms. The number of carboxylic acid groups (broad SMARTS) is 1. The first-order valence-electron chi connectivity index (χ1n) is 9.96. The molecule has 1 aliphatic rings. The highest BCUT2D eigenvalue weighted by atomic mass is 19.4. The Morgan fingerprint density at radius 3 is 2.40 bits per heavy atom. The Morgan fingerprint density at radius 2 is 1.83 bits per heavy atom. The van der Waals surface area contributed by atoms with Crippen molar-refractivity contribution in [3.8, 4) is 5.75 Å². The quantitative estimate of drug-likeness (QED) is 0.638. The molecule has 0 spiro atoms. The number of ether oxygens (including phenoxy) is 1. The number of hydrogen-bond donors (Lipinski definition) is 2. The molecular weight excluding hydrogens is 397 g/mol. The van der Waals surface area contributed by atoms with Crippen LogP contribution in [0.3, 0.4) is 0 Å². The Labute approximate surface area is 175 Å². The summed E-state index contributed by atoms with van der Waals surface area (Å²) in [7, 11) is 1.66. The van der Waals surface area contributed by atoms with Gasteiger partial charge >= 0.3 is 12.1 Å². The summed E-state index contributed by atoms with van der Waals surface area (Å²) < 4.78 is 41.0. The second-order valence-corrected chi connectivity index (χ2v) is 6.33. The molecule has 0 fully saturated rings. The molecule has 0 unspecified atom stereocenters. The van der Waals surface area contributed by atoms with Crippen molar-refractivity contribution in [3.63, 3.8) is 0 Å². The lowest BCUT2D eigenvalue weighted by Crippen LogP contribution is -2.13. The van der Waals surface area contributed by atoms with E-state index in [0.717, 1.165) is 19.3 Å². The molecular formula is C22H29F3N2O3. The van der Waals surface area contributed by atoms with E-state index in [2.05, 4.69) is 10.3 Å². The third kappa shape index (κ3) is 8.71. The van der Waals surface area contributed by atoms with Crippen molar-refractivity contribution in [3.05, 3.63) is 53.3 Å². The highest BCUT2D eigenvalue weighted by Gasteiger charge is 2.26. The van der Waals surface area contributed by atoms with Crippen LogP contribution >= 0.6 is 0 Å². The van der Waals surface area contributed by atoms with Gasteiger partial charge < -0.3 is 15.2 Å². The number of aryl methyl sites for hydroxylation is 2. The summed E-state index contributed by atoms with van der Waals surface area (Å²) in [5, 5.41) is 11.4. The number of hydrogen-bond acceptors (Lipinski definition) is 4. The number of carboxylic acids is 1. The van der Waals surface area contributed by atoms with Gasteiger partial charge in [-0.15, -0.1) is 0 Å². The SMILES string of the molecule is CC.CNc1cnccc1C(=O)O.FC(F)(F)CCOc1ccc2c(c1)CCCC2. The lowest BCUT2D eigenvalue weighted by atomic mass is 9.92. The Morgan fingerprint density at radius 1 is 1.17 bits per heavy atom. The van der Waals surface area contributed by atoms with Crippen LogP contribution in [0.5, 0.6) is 5.75 Å². The molecule has 5 nitrogen and oxygen atoms in total. The predicted molar refractivity (Wildman–Crippen MR) is 111 cm³/mol. The zero-order chi connectivity index (χ0) is 22.6. The molecule has 2 aromatic rings. The number of halogens is 3. The number of nitrogens with one attached hydrogen (secondary N) is 1. The normalized spacial score (nSPS) is 12.3. The van der Waals surface area contributed by atoms with Crippen molar-refractivity contribution < 1.29 is 27.8 Å². The van der Waals surface area contributed by atoms with Gasteiger partial charge in [0.2, 0.25) is 0 Å². The predicted octanol–water partition coefficient (Wildman–Crippen LogP) is 5.74. The van der Waals surface area contributed by atoms with E-state index in [0.29, 0.717) is 11.4 Å². The number of rotatable bonds is 5. The highest BCUT2D eigenvalue weighted by molar-refractivity contribution is 5.93. The van der Waals surface area contributed by atoms with Crippen LogP contribution in [-0.4, -0.2) is 35.9 Å². The Balaban J connectivity index is 0.000000300. The van der Waals surface area contributed by atoms with Gasteiger partial charge in [-0.3, -0.25) is 4.98 Å². The molecule has 1 aromatic heterocycles. The van der Waals surface area contributed by atoms with E-state index in [1.165, 1.54) is 36.0 Å². The fourth-order valence-electron chi connectivity index (χ4n) is 2.86. The second-order valence-electron chi connectivity index (χ2n) is 6.33. The smallest absolute Gasteiger partial charge is 0.392 e. The molecule has 0 saturated heterocycles. The van der Waals surface area contributed by atoms with E-state index in [4.69, 9.17) is 9.84 Å². The van der Waals surface area contributed by atoms with Gasteiger partial charge in [-0.05, 0) is 55.0 Å². The Kier molecular flexibility index (Phi) is 10.7. The highest BCUT2D eigenvalue weighted by Crippen LogP contribution is 2.26. The van der Waals surface area contributed by atoms with Crippen molar-refractivity contribution in [1.82, 2.24) is 4.98 Å². The van der Waals surface area contributed by atoms with Gasteiger partial charge in [0.15, 0.2) is 0 Å². The molecule has 0 atom stereocenters. The largest absolute Gasteiger partial charge is 0.493 e. The van der Waals surface area contributed by atoms with Crippen LogP contribution in [0.15, 0.2) is 36.7 Å². The molecule has 3 rings (SSSR count). The molecule has 30 heavy (non-hydrogen) atoms. The van der Waals surface area contributed by atoms with Gasteiger partial charge in [-0.2, -0.15) is 13.2 Å². The fourth-order valence-corrected chi connectivity index (χ4v) is 2.86. The average Bonchev–Trinajstić information content (AvgIpc) is 2.74. The van der Waals surface area contributed by atoms with Crippen LogP contribution in [-0.2, 0) is 12.8 Å².